The first kappa shape index (κ1) is 14.0. The molecule has 0 saturated heterocycles. The van der Waals surface area contributed by atoms with Gasteiger partial charge in [-0.25, -0.2) is 0 Å². The summed E-state index contributed by atoms with van der Waals surface area (Å²) in [7, 11) is 1.62. The zero-order chi connectivity index (χ0) is 12.7. The molecule has 0 N–H and O–H groups in total. The Labute approximate surface area is 105 Å². The minimum Gasteiger partial charge on any atom is -0.617 e. The molecule has 0 amide bonds. The van der Waals surface area contributed by atoms with Gasteiger partial charge in [-0.3, -0.25) is 0 Å². The molecule has 5 nitrogen and oxygen atoms in total. The van der Waals surface area contributed by atoms with Gasteiger partial charge >= 0.3 is 0 Å². The molecule has 0 atom stereocenters. The van der Waals surface area contributed by atoms with Crippen LogP contribution in [0.15, 0.2) is 12.1 Å². The summed E-state index contributed by atoms with van der Waals surface area (Å²) in [5.74, 6) is 0.565. The van der Waals surface area contributed by atoms with E-state index in [0.717, 1.165) is 0 Å². The second-order valence-electron chi connectivity index (χ2n) is 3.40. The van der Waals surface area contributed by atoms with Crippen LogP contribution in [0.4, 0.5) is 0 Å². The molecule has 0 aromatic carbocycles. The highest BCUT2D eigenvalue weighted by atomic mass is 35.5. The van der Waals surface area contributed by atoms with E-state index in [2.05, 4.69) is 0 Å². The Hall–Kier alpha value is -1.04. The van der Waals surface area contributed by atoms with Gasteiger partial charge in [-0.1, -0.05) is 0 Å². The van der Waals surface area contributed by atoms with Crippen molar-refractivity contribution < 1.29 is 18.9 Å². The number of aromatic nitrogens is 1. The number of rotatable bonds is 7. The van der Waals surface area contributed by atoms with Gasteiger partial charge in [0, 0.05) is 20.1 Å². The lowest BCUT2D eigenvalue weighted by Crippen LogP contribution is -2.31. The smallest absolute Gasteiger partial charge is 0.290 e. The number of hydrogen-bond donors (Lipinski definition) is 0. The van der Waals surface area contributed by atoms with Gasteiger partial charge in [0.2, 0.25) is 0 Å². The van der Waals surface area contributed by atoms with E-state index in [1.54, 1.807) is 20.1 Å². The molecule has 1 aromatic rings. The van der Waals surface area contributed by atoms with Crippen LogP contribution in [-0.4, -0.2) is 33.5 Å². The third-order valence-electron chi connectivity index (χ3n) is 2.06. The van der Waals surface area contributed by atoms with Gasteiger partial charge in [0.25, 0.3) is 5.15 Å². The Morgan fingerprint density at radius 2 is 1.94 bits per heavy atom. The summed E-state index contributed by atoms with van der Waals surface area (Å²) in [6.45, 7) is 3.64. The standard InChI is InChI=1S/C11H16ClNO4/c1-9-7-10(8-11(12)13(9)14)17-6-5-16-4-3-15-2/h7-8H,3-6H2,1-2H3. The minimum absolute atomic E-state index is 0.0975. The molecule has 0 aliphatic carbocycles. The van der Waals surface area contributed by atoms with Crippen molar-refractivity contribution in [2.45, 2.75) is 6.92 Å². The molecule has 0 radical (unpaired) electrons. The number of hydrogen-bond acceptors (Lipinski definition) is 4. The summed E-state index contributed by atoms with van der Waals surface area (Å²) >= 11 is 5.72. The summed E-state index contributed by atoms with van der Waals surface area (Å²) in [5, 5.41) is 11.4. The van der Waals surface area contributed by atoms with Crippen molar-refractivity contribution in [3.05, 3.63) is 28.2 Å². The van der Waals surface area contributed by atoms with Gasteiger partial charge in [-0.2, -0.15) is 4.73 Å². The molecule has 0 aliphatic rings. The van der Waals surface area contributed by atoms with Gasteiger partial charge in [-0.05, 0) is 11.6 Å². The number of halogens is 1. The molecule has 0 saturated carbocycles. The maximum absolute atomic E-state index is 11.3. The van der Waals surface area contributed by atoms with Crippen molar-refractivity contribution in [1.29, 1.82) is 0 Å². The zero-order valence-electron chi connectivity index (χ0n) is 9.94. The van der Waals surface area contributed by atoms with Gasteiger partial charge in [0.1, 0.15) is 12.4 Å². The third kappa shape index (κ3) is 4.77. The van der Waals surface area contributed by atoms with Crippen LogP contribution in [0.1, 0.15) is 5.69 Å². The second-order valence-corrected chi connectivity index (χ2v) is 3.79. The number of nitrogens with zero attached hydrogens (tertiary/aromatic N) is 1. The van der Waals surface area contributed by atoms with E-state index < -0.39 is 0 Å². The van der Waals surface area contributed by atoms with Crippen molar-refractivity contribution in [3.8, 4) is 5.75 Å². The first-order valence-electron chi connectivity index (χ1n) is 5.24. The summed E-state index contributed by atoms with van der Waals surface area (Å²) < 4.78 is 16.1. The SMILES string of the molecule is COCCOCCOc1cc(C)[n+]([O-])c(Cl)c1. The van der Waals surface area contributed by atoms with Gasteiger partial charge in [0.15, 0.2) is 5.69 Å². The summed E-state index contributed by atoms with van der Waals surface area (Å²) in [6.07, 6.45) is 0. The van der Waals surface area contributed by atoms with Crippen LogP contribution in [0.2, 0.25) is 5.15 Å². The Balaban J connectivity index is 2.32. The van der Waals surface area contributed by atoms with E-state index in [4.69, 9.17) is 25.8 Å². The van der Waals surface area contributed by atoms with E-state index in [1.807, 2.05) is 0 Å². The first-order chi connectivity index (χ1) is 8.15. The van der Waals surface area contributed by atoms with Gasteiger partial charge in [-0.15, -0.1) is 0 Å². The van der Waals surface area contributed by atoms with Crippen molar-refractivity contribution >= 4 is 11.6 Å². The molecule has 0 fully saturated rings. The molecule has 1 aromatic heterocycles. The Bertz CT molecular complexity index is 336. The van der Waals surface area contributed by atoms with Crippen LogP contribution >= 0.6 is 11.6 Å². The molecule has 6 heteroatoms. The summed E-state index contributed by atoms with van der Waals surface area (Å²) in [4.78, 5) is 0. The monoisotopic (exact) mass is 261 g/mol. The number of ether oxygens (including phenoxy) is 3. The Morgan fingerprint density at radius 1 is 1.24 bits per heavy atom. The van der Waals surface area contributed by atoms with E-state index in [1.165, 1.54) is 6.07 Å². The van der Waals surface area contributed by atoms with E-state index >= 15 is 0 Å². The van der Waals surface area contributed by atoms with Crippen LogP contribution in [0, 0.1) is 12.1 Å². The molecule has 1 rings (SSSR count). The highest BCUT2D eigenvalue weighted by Crippen LogP contribution is 2.15. The van der Waals surface area contributed by atoms with Crippen molar-refractivity contribution in [2.75, 3.05) is 33.5 Å². The molecular weight excluding hydrogens is 246 g/mol. The van der Waals surface area contributed by atoms with E-state index in [9.17, 15) is 5.21 Å². The van der Waals surface area contributed by atoms with Gasteiger partial charge < -0.3 is 19.4 Å². The lowest BCUT2D eigenvalue weighted by Gasteiger charge is -2.08. The maximum atomic E-state index is 11.3. The fourth-order valence-corrected chi connectivity index (χ4v) is 1.44. The Morgan fingerprint density at radius 3 is 2.59 bits per heavy atom. The van der Waals surface area contributed by atoms with Crippen LogP contribution < -0.4 is 9.47 Å². The quantitative estimate of drug-likeness (QED) is 0.322. The molecule has 96 valence electrons. The van der Waals surface area contributed by atoms with Crippen molar-refractivity contribution in [3.63, 3.8) is 0 Å². The second kappa shape index (κ2) is 7.32. The van der Waals surface area contributed by atoms with Gasteiger partial charge in [0.05, 0.1) is 25.9 Å². The molecule has 0 aliphatic heterocycles. The molecular formula is C11H16ClNO4. The first-order valence-corrected chi connectivity index (χ1v) is 5.62. The number of pyridine rings is 1. The predicted octanol–water partition coefficient (Wildman–Crippen LogP) is 1.32. The Kier molecular flexibility index (Phi) is 6.04. The maximum Gasteiger partial charge on any atom is 0.290 e. The summed E-state index contributed by atoms with van der Waals surface area (Å²) in [5.41, 5.74) is 0.493. The normalized spacial score (nSPS) is 10.5. The minimum atomic E-state index is 0.0975. The largest absolute Gasteiger partial charge is 0.617 e. The summed E-state index contributed by atoms with van der Waals surface area (Å²) in [6, 6.07) is 3.12. The molecule has 17 heavy (non-hydrogen) atoms. The molecule has 0 spiro atoms. The predicted molar refractivity (Wildman–Crippen MR) is 63.3 cm³/mol. The van der Waals surface area contributed by atoms with Crippen molar-refractivity contribution in [2.24, 2.45) is 0 Å². The average Bonchev–Trinajstić information content (AvgIpc) is 2.30. The fraction of sp³-hybridized carbons (Fsp3) is 0.545. The van der Waals surface area contributed by atoms with Crippen LogP contribution in [0.3, 0.4) is 0 Å². The van der Waals surface area contributed by atoms with Crippen LogP contribution in [0.25, 0.3) is 0 Å². The molecule has 0 unspecified atom stereocenters. The lowest BCUT2D eigenvalue weighted by molar-refractivity contribution is -0.610. The average molecular weight is 262 g/mol. The highest BCUT2D eigenvalue weighted by molar-refractivity contribution is 6.28. The van der Waals surface area contributed by atoms with E-state index in [0.29, 0.717) is 42.6 Å². The third-order valence-corrected chi connectivity index (χ3v) is 2.32. The van der Waals surface area contributed by atoms with Crippen molar-refractivity contribution in [1.82, 2.24) is 0 Å². The van der Waals surface area contributed by atoms with E-state index in [-0.39, 0.29) is 5.15 Å². The van der Waals surface area contributed by atoms with Crippen LogP contribution in [0.5, 0.6) is 5.75 Å². The zero-order valence-corrected chi connectivity index (χ0v) is 10.7. The highest BCUT2D eigenvalue weighted by Gasteiger charge is 2.08. The number of methoxy groups -OCH3 is 1. The molecule has 1 heterocycles. The topological polar surface area (TPSA) is 54.6 Å². The fourth-order valence-electron chi connectivity index (χ4n) is 1.20. The lowest BCUT2D eigenvalue weighted by atomic mass is 10.3. The van der Waals surface area contributed by atoms with Crippen LogP contribution in [-0.2, 0) is 9.47 Å². The molecule has 0 bridgehead atoms. The number of aryl methyl sites for hydroxylation is 1.